The molecule has 1 heterocycles. The van der Waals surface area contributed by atoms with Gasteiger partial charge in [0.25, 0.3) is 0 Å². The molecule has 0 spiro atoms. The number of benzene rings is 1. The van der Waals surface area contributed by atoms with E-state index in [4.69, 9.17) is 11.6 Å². The van der Waals surface area contributed by atoms with Crippen molar-refractivity contribution in [3.05, 3.63) is 28.8 Å². The molecule has 0 saturated carbocycles. The monoisotopic (exact) mass is 296 g/mol. The lowest BCUT2D eigenvalue weighted by Gasteiger charge is -2.12. The van der Waals surface area contributed by atoms with Gasteiger partial charge in [0.2, 0.25) is 5.91 Å². The van der Waals surface area contributed by atoms with Gasteiger partial charge >= 0.3 is 0 Å². The number of anilines is 1. The van der Waals surface area contributed by atoms with E-state index in [0.29, 0.717) is 15.9 Å². The fourth-order valence-corrected chi connectivity index (χ4v) is 2.28. The van der Waals surface area contributed by atoms with Crippen LogP contribution in [-0.4, -0.2) is 37.1 Å². The summed E-state index contributed by atoms with van der Waals surface area (Å²) in [7, 11) is 3.90. The smallest absolute Gasteiger partial charge is 0.236 e. The Balaban J connectivity index is 2.09. The molecule has 0 aliphatic carbocycles. The summed E-state index contributed by atoms with van der Waals surface area (Å²) in [5, 5.41) is 11.6. The summed E-state index contributed by atoms with van der Waals surface area (Å²) in [4.78, 5) is 12.9. The number of carbonyl (C=O) groups is 1. The lowest BCUT2D eigenvalue weighted by Crippen LogP contribution is -2.19. The molecule has 19 heavy (non-hydrogen) atoms. The molecule has 1 aliphatic rings. The van der Waals surface area contributed by atoms with Crippen molar-refractivity contribution in [3.8, 4) is 0 Å². The summed E-state index contributed by atoms with van der Waals surface area (Å²) in [5.74, 6) is 0.347. The Hall–Kier alpha value is -1.53. The van der Waals surface area contributed by atoms with Gasteiger partial charge in [-0.05, 0) is 18.2 Å². The normalized spacial score (nSPS) is 17.2. The van der Waals surface area contributed by atoms with Crippen LogP contribution in [0.1, 0.15) is 5.56 Å². The number of amidine groups is 1. The topological polar surface area (TPSA) is 57.1 Å². The number of rotatable bonds is 3. The molecule has 1 aromatic carbocycles. The van der Waals surface area contributed by atoms with E-state index in [2.05, 4.69) is 15.5 Å². The minimum Gasteiger partial charge on any atom is -0.378 e. The maximum Gasteiger partial charge on any atom is 0.236 e. The first-order chi connectivity index (χ1) is 9.06. The first-order valence-corrected chi connectivity index (χ1v) is 6.93. The van der Waals surface area contributed by atoms with Gasteiger partial charge in [0.05, 0.1) is 17.0 Å². The van der Waals surface area contributed by atoms with Crippen molar-refractivity contribution in [2.75, 3.05) is 24.7 Å². The molecule has 1 saturated heterocycles. The van der Waals surface area contributed by atoms with Gasteiger partial charge in [-0.25, -0.2) is 0 Å². The van der Waals surface area contributed by atoms with Crippen LogP contribution in [-0.2, 0) is 4.79 Å². The van der Waals surface area contributed by atoms with Crippen LogP contribution in [0, 0.1) is 0 Å². The predicted octanol–water partition coefficient (Wildman–Crippen LogP) is 1.96. The van der Waals surface area contributed by atoms with E-state index >= 15 is 0 Å². The molecule has 0 bridgehead atoms. The number of hydrogen-bond acceptors (Lipinski definition) is 5. The van der Waals surface area contributed by atoms with Crippen LogP contribution in [0.2, 0.25) is 5.02 Å². The molecule has 1 fully saturated rings. The number of halogens is 1. The number of carbonyl (C=O) groups excluding carboxylic acids is 1. The lowest BCUT2D eigenvalue weighted by molar-refractivity contribution is -0.116. The summed E-state index contributed by atoms with van der Waals surface area (Å²) in [6.45, 7) is 0. The van der Waals surface area contributed by atoms with Crippen molar-refractivity contribution in [3.63, 3.8) is 0 Å². The molecular formula is C12H13ClN4OS. The van der Waals surface area contributed by atoms with E-state index in [9.17, 15) is 4.79 Å². The standard InChI is InChI=1S/C12H13ClN4OS/c1-17(2)9-4-3-8(10(13)5-9)6-14-16-12-15-11(18)7-19-12/h3-6H,7H2,1-2H3,(H,15,16,18). The largest absolute Gasteiger partial charge is 0.378 e. The van der Waals surface area contributed by atoms with Gasteiger partial charge in [-0.3, -0.25) is 4.79 Å². The predicted molar refractivity (Wildman–Crippen MR) is 81.4 cm³/mol. The van der Waals surface area contributed by atoms with Gasteiger partial charge in [-0.2, -0.15) is 5.10 Å². The van der Waals surface area contributed by atoms with Crippen LogP contribution in [0.15, 0.2) is 28.4 Å². The second-order valence-corrected chi connectivity index (χ2v) is 5.46. The van der Waals surface area contributed by atoms with Crippen LogP contribution in [0.5, 0.6) is 0 Å². The van der Waals surface area contributed by atoms with E-state index in [1.165, 1.54) is 11.8 Å². The molecule has 1 aromatic rings. The molecule has 0 radical (unpaired) electrons. The third-order valence-electron chi connectivity index (χ3n) is 2.43. The maximum atomic E-state index is 11.0. The Morgan fingerprint density at radius 2 is 2.26 bits per heavy atom. The number of amides is 1. The Kier molecular flexibility index (Phi) is 4.44. The van der Waals surface area contributed by atoms with Gasteiger partial charge in [-0.1, -0.05) is 23.4 Å². The molecule has 2 rings (SSSR count). The van der Waals surface area contributed by atoms with Crippen molar-refractivity contribution >= 4 is 46.3 Å². The molecule has 7 heteroatoms. The highest BCUT2D eigenvalue weighted by atomic mass is 35.5. The summed E-state index contributed by atoms with van der Waals surface area (Å²) in [6.07, 6.45) is 1.57. The zero-order chi connectivity index (χ0) is 13.8. The van der Waals surface area contributed by atoms with E-state index in [1.54, 1.807) is 6.21 Å². The number of nitrogens with zero attached hydrogens (tertiary/aromatic N) is 3. The van der Waals surface area contributed by atoms with E-state index in [1.807, 2.05) is 37.2 Å². The van der Waals surface area contributed by atoms with Crippen LogP contribution in [0.25, 0.3) is 0 Å². The molecule has 100 valence electrons. The van der Waals surface area contributed by atoms with Crippen molar-refractivity contribution in [2.24, 2.45) is 10.2 Å². The Bertz CT molecular complexity index is 557. The average Bonchev–Trinajstić information content (AvgIpc) is 2.77. The highest BCUT2D eigenvalue weighted by molar-refractivity contribution is 8.15. The summed E-state index contributed by atoms with van der Waals surface area (Å²) in [5.41, 5.74) is 1.80. The van der Waals surface area contributed by atoms with Crippen molar-refractivity contribution in [2.45, 2.75) is 0 Å². The zero-order valence-electron chi connectivity index (χ0n) is 10.6. The van der Waals surface area contributed by atoms with E-state index < -0.39 is 0 Å². The van der Waals surface area contributed by atoms with Gasteiger partial charge in [-0.15, -0.1) is 5.10 Å². The number of hydrogen-bond donors (Lipinski definition) is 1. The van der Waals surface area contributed by atoms with Crippen LogP contribution >= 0.6 is 23.4 Å². The highest BCUT2D eigenvalue weighted by Crippen LogP contribution is 2.21. The Morgan fingerprint density at radius 3 is 2.84 bits per heavy atom. The van der Waals surface area contributed by atoms with Crippen molar-refractivity contribution in [1.29, 1.82) is 0 Å². The third-order valence-corrected chi connectivity index (χ3v) is 3.62. The molecule has 1 aliphatic heterocycles. The summed E-state index contributed by atoms with van der Waals surface area (Å²) < 4.78 is 0. The van der Waals surface area contributed by atoms with Crippen LogP contribution in [0.3, 0.4) is 0 Å². The first-order valence-electron chi connectivity index (χ1n) is 5.57. The molecule has 0 unspecified atom stereocenters. The van der Waals surface area contributed by atoms with Crippen molar-refractivity contribution < 1.29 is 4.79 Å². The van der Waals surface area contributed by atoms with Crippen molar-refractivity contribution in [1.82, 2.24) is 5.32 Å². The molecule has 0 aromatic heterocycles. The average molecular weight is 297 g/mol. The first kappa shape index (κ1) is 13.9. The van der Waals surface area contributed by atoms with Crippen LogP contribution in [0.4, 0.5) is 5.69 Å². The fourth-order valence-electron chi connectivity index (χ4n) is 1.42. The number of thioether (sulfide) groups is 1. The maximum absolute atomic E-state index is 11.0. The molecule has 1 N–H and O–H groups in total. The number of nitrogens with one attached hydrogen (secondary N) is 1. The fraction of sp³-hybridized carbons (Fsp3) is 0.250. The molecule has 5 nitrogen and oxygen atoms in total. The van der Waals surface area contributed by atoms with Gasteiger partial charge < -0.3 is 10.2 Å². The minimum absolute atomic E-state index is 0.0488. The third kappa shape index (κ3) is 3.71. The van der Waals surface area contributed by atoms with E-state index in [-0.39, 0.29) is 5.91 Å². The quantitative estimate of drug-likeness (QED) is 0.685. The molecular weight excluding hydrogens is 284 g/mol. The molecule has 0 atom stereocenters. The van der Waals surface area contributed by atoms with Crippen LogP contribution < -0.4 is 10.2 Å². The molecule has 1 amide bonds. The zero-order valence-corrected chi connectivity index (χ0v) is 12.1. The van der Waals surface area contributed by atoms with Gasteiger partial charge in [0.1, 0.15) is 0 Å². The summed E-state index contributed by atoms with van der Waals surface area (Å²) in [6, 6.07) is 5.69. The lowest BCUT2D eigenvalue weighted by atomic mass is 10.2. The highest BCUT2D eigenvalue weighted by Gasteiger charge is 2.15. The summed E-state index contributed by atoms with van der Waals surface area (Å²) >= 11 is 7.48. The van der Waals surface area contributed by atoms with Gasteiger partial charge in [0.15, 0.2) is 5.17 Å². The second kappa shape index (κ2) is 6.08. The Labute approximate surface area is 120 Å². The minimum atomic E-state index is -0.0488. The second-order valence-electron chi connectivity index (χ2n) is 4.09. The van der Waals surface area contributed by atoms with Gasteiger partial charge in [0, 0.05) is 25.3 Å². The Morgan fingerprint density at radius 1 is 1.47 bits per heavy atom. The SMILES string of the molecule is CN(C)c1ccc(C=NN=C2NC(=O)CS2)c(Cl)c1. The van der Waals surface area contributed by atoms with E-state index in [0.717, 1.165) is 11.3 Å².